The quantitative estimate of drug-likeness (QED) is 0.697. The molecule has 0 heterocycles. The lowest BCUT2D eigenvalue weighted by Gasteiger charge is -2.42. The van der Waals surface area contributed by atoms with E-state index >= 15 is 0 Å². The molecule has 0 saturated heterocycles. The molecule has 2 rings (SSSR count). The first-order chi connectivity index (χ1) is 11.4. The third-order valence-electron chi connectivity index (χ3n) is 4.00. The normalized spacial score (nSPS) is 19.8. The fourth-order valence-corrected chi connectivity index (χ4v) is 3.39. The van der Waals surface area contributed by atoms with Crippen LogP contribution in [0.3, 0.4) is 0 Å². The molecule has 1 amide bonds. The summed E-state index contributed by atoms with van der Waals surface area (Å²) >= 11 is 1.14. The highest BCUT2D eigenvalue weighted by Gasteiger charge is 2.34. The topological polar surface area (TPSA) is 69.6 Å². The molecule has 1 aromatic carbocycles. The smallest absolute Gasteiger partial charge is 0.317 e. The summed E-state index contributed by atoms with van der Waals surface area (Å²) < 4.78 is 25.9. The number of benzene rings is 1. The van der Waals surface area contributed by atoms with Gasteiger partial charge in [0.1, 0.15) is 0 Å². The Hall–Kier alpha value is -1.67. The number of nitrogens with zero attached hydrogens (tertiary/aromatic N) is 1. The van der Waals surface area contributed by atoms with Crippen LogP contribution < -0.4 is 5.32 Å². The van der Waals surface area contributed by atoms with E-state index in [1.807, 2.05) is 11.8 Å². The number of carbonyl (C=O) groups is 2. The third-order valence-corrected chi connectivity index (χ3v) is 4.99. The Morgan fingerprint density at radius 2 is 2.04 bits per heavy atom. The Morgan fingerprint density at radius 3 is 2.62 bits per heavy atom. The Bertz CT molecular complexity index is 609. The zero-order valence-electron chi connectivity index (χ0n) is 13.3. The summed E-state index contributed by atoms with van der Waals surface area (Å²) in [4.78, 5) is 25.0. The van der Waals surface area contributed by atoms with Gasteiger partial charge in [-0.2, -0.15) is 0 Å². The van der Waals surface area contributed by atoms with Gasteiger partial charge < -0.3 is 10.4 Å². The van der Waals surface area contributed by atoms with Gasteiger partial charge in [-0.3, -0.25) is 14.5 Å². The monoisotopic (exact) mass is 358 g/mol. The second-order valence-electron chi connectivity index (χ2n) is 5.71. The maximum absolute atomic E-state index is 13.1. The second kappa shape index (κ2) is 8.43. The largest absolute Gasteiger partial charge is 0.480 e. The molecule has 0 radical (unpaired) electrons. The van der Waals surface area contributed by atoms with Gasteiger partial charge in [-0.15, -0.1) is 11.8 Å². The van der Waals surface area contributed by atoms with Crippen LogP contribution in [0.15, 0.2) is 23.1 Å². The lowest BCUT2D eigenvalue weighted by atomic mass is 9.85. The molecule has 8 heteroatoms. The van der Waals surface area contributed by atoms with Crippen LogP contribution in [-0.4, -0.2) is 52.8 Å². The summed E-state index contributed by atoms with van der Waals surface area (Å²) in [5, 5.41) is 11.7. The first-order valence-electron chi connectivity index (χ1n) is 7.72. The van der Waals surface area contributed by atoms with Crippen LogP contribution in [0.4, 0.5) is 8.78 Å². The summed E-state index contributed by atoms with van der Waals surface area (Å²) in [6.45, 7) is 2.57. The van der Waals surface area contributed by atoms with Gasteiger partial charge in [0.2, 0.25) is 5.91 Å². The molecule has 0 aromatic heterocycles. The molecule has 0 unspecified atom stereocenters. The first-order valence-corrected chi connectivity index (χ1v) is 8.70. The Balaban J connectivity index is 1.70. The van der Waals surface area contributed by atoms with Gasteiger partial charge in [0.15, 0.2) is 11.6 Å². The van der Waals surface area contributed by atoms with Crippen molar-refractivity contribution in [3.63, 3.8) is 0 Å². The van der Waals surface area contributed by atoms with Crippen molar-refractivity contribution in [2.45, 2.75) is 36.7 Å². The minimum atomic E-state index is -0.930. The van der Waals surface area contributed by atoms with E-state index in [9.17, 15) is 18.4 Å². The maximum Gasteiger partial charge on any atom is 0.317 e. The molecule has 0 atom stereocenters. The SMILES string of the molecule is CCN(CC(=O)O)C1CC(NC(=O)CSc2ccc(F)c(F)c2)C1. The summed E-state index contributed by atoms with van der Waals surface area (Å²) in [6, 6.07) is 3.75. The highest BCUT2D eigenvalue weighted by molar-refractivity contribution is 8.00. The summed E-state index contributed by atoms with van der Waals surface area (Å²) in [5.41, 5.74) is 0. The molecule has 24 heavy (non-hydrogen) atoms. The van der Waals surface area contributed by atoms with E-state index in [-0.39, 0.29) is 30.3 Å². The first kappa shape index (κ1) is 18.7. The second-order valence-corrected chi connectivity index (χ2v) is 6.76. The predicted molar refractivity (Wildman–Crippen MR) is 86.9 cm³/mol. The van der Waals surface area contributed by atoms with Crippen LogP contribution in [0.25, 0.3) is 0 Å². The Kier molecular flexibility index (Phi) is 6.56. The van der Waals surface area contributed by atoms with E-state index in [2.05, 4.69) is 5.32 Å². The number of aliphatic carboxylic acids is 1. The van der Waals surface area contributed by atoms with E-state index in [0.717, 1.165) is 36.7 Å². The van der Waals surface area contributed by atoms with Crippen LogP contribution in [0, 0.1) is 11.6 Å². The molecule has 0 aliphatic heterocycles. The number of likely N-dealkylation sites (N-methyl/N-ethyl adjacent to an activating group) is 1. The fraction of sp³-hybridized carbons (Fsp3) is 0.500. The van der Waals surface area contributed by atoms with E-state index in [4.69, 9.17) is 5.11 Å². The van der Waals surface area contributed by atoms with Gasteiger partial charge in [0.05, 0.1) is 12.3 Å². The van der Waals surface area contributed by atoms with E-state index < -0.39 is 17.6 Å². The Morgan fingerprint density at radius 1 is 1.33 bits per heavy atom. The molecule has 2 N–H and O–H groups in total. The number of thioether (sulfide) groups is 1. The van der Waals surface area contributed by atoms with Gasteiger partial charge >= 0.3 is 5.97 Å². The number of carbonyl (C=O) groups excluding carboxylic acids is 1. The van der Waals surface area contributed by atoms with Crippen molar-refractivity contribution >= 4 is 23.6 Å². The number of nitrogens with one attached hydrogen (secondary N) is 1. The van der Waals surface area contributed by atoms with Crippen molar-refractivity contribution in [1.82, 2.24) is 10.2 Å². The maximum atomic E-state index is 13.1. The molecule has 0 bridgehead atoms. The van der Waals surface area contributed by atoms with Gasteiger partial charge in [-0.25, -0.2) is 8.78 Å². The van der Waals surface area contributed by atoms with Crippen molar-refractivity contribution < 1.29 is 23.5 Å². The lowest BCUT2D eigenvalue weighted by molar-refractivity contribution is -0.139. The molecule has 1 aromatic rings. The van der Waals surface area contributed by atoms with E-state index in [0.29, 0.717) is 11.4 Å². The highest BCUT2D eigenvalue weighted by Crippen LogP contribution is 2.26. The predicted octanol–water partition coefficient (Wildman–Crippen LogP) is 2.11. The standard InChI is InChI=1S/C16H20F2N2O3S/c1-2-20(8-16(22)23)11-5-10(6-11)19-15(21)9-24-12-3-4-13(17)14(18)7-12/h3-4,7,10-11H,2,5-6,8-9H2,1H3,(H,19,21)(H,22,23). The average Bonchev–Trinajstić information content (AvgIpc) is 2.49. The number of carboxylic acid groups (broad SMARTS) is 1. The molecule has 1 aliphatic carbocycles. The zero-order valence-corrected chi connectivity index (χ0v) is 14.1. The minimum Gasteiger partial charge on any atom is -0.480 e. The Labute approximate surface area is 143 Å². The molecule has 1 saturated carbocycles. The summed E-state index contributed by atoms with van der Waals surface area (Å²) in [7, 11) is 0. The fourth-order valence-electron chi connectivity index (χ4n) is 2.66. The number of halogens is 2. The molecule has 1 aliphatic rings. The molecule has 132 valence electrons. The van der Waals surface area contributed by atoms with Crippen LogP contribution in [0.5, 0.6) is 0 Å². The van der Waals surface area contributed by atoms with E-state index in [1.165, 1.54) is 6.07 Å². The van der Waals surface area contributed by atoms with Gasteiger partial charge in [-0.05, 0) is 37.6 Å². The van der Waals surface area contributed by atoms with Crippen LogP contribution in [0.1, 0.15) is 19.8 Å². The molecule has 1 fully saturated rings. The summed E-state index contributed by atoms with van der Waals surface area (Å²) in [5.74, 6) is -2.74. The molecule has 0 spiro atoms. The van der Waals surface area contributed by atoms with E-state index in [1.54, 1.807) is 0 Å². The molecular formula is C16H20F2N2O3S. The van der Waals surface area contributed by atoms with Crippen LogP contribution in [0.2, 0.25) is 0 Å². The number of hydrogen-bond donors (Lipinski definition) is 2. The van der Waals surface area contributed by atoms with Crippen molar-refractivity contribution in [2.75, 3.05) is 18.8 Å². The van der Waals surface area contributed by atoms with Gasteiger partial charge in [0, 0.05) is 17.0 Å². The van der Waals surface area contributed by atoms with Crippen molar-refractivity contribution in [1.29, 1.82) is 0 Å². The highest BCUT2D eigenvalue weighted by atomic mass is 32.2. The summed E-state index contributed by atoms with van der Waals surface area (Å²) in [6.07, 6.45) is 1.45. The minimum absolute atomic E-state index is 0.00775. The number of amides is 1. The number of carboxylic acids is 1. The number of rotatable bonds is 8. The van der Waals surface area contributed by atoms with Crippen LogP contribution >= 0.6 is 11.8 Å². The van der Waals surface area contributed by atoms with Crippen molar-refractivity contribution in [3.8, 4) is 0 Å². The molecular weight excluding hydrogens is 338 g/mol. The third kappa shape index (κ3) is 5.17. The lowest BCUT2D eigenvalue weighted by Crippen LogP contribution is -2.55. The average molecular weight is 358 g/mol. The van der Waals surface area contributed by atoms with Gasteiger partial charge in [0.25, 0.3) is 0 Å². The zero-order chi connectivity index (χ0) is 17.7. The van der Waals surface area contributed by atoms with Gasteiger partial charge in [-0.1, -0.05) is 6.92 Å². The number of hydrogen-bond acceptors (Lipinski definition) is 4. The molecule has 5 nitrogen and oxygen atoms in total. The van der Waals surface area contributed by atoms with Crippen molar-refractivity contribution in [3.05, 3.63) is 29.8 Å². The van der Waals surface area contributed by atoms with Crippen molar-refractivity contribution in [2.24, 2.45) is 0 Å². The van der Waals surface area contributed by atoms with Crippen LogP contribution in [-0.2, 0) is 9.59 Å².